The topological polar surface area (TPSA) is 25.2 Å². The average Bonchev–Trinajstić information content (AvgIpc) is 2.67. The zero-order valence-electron chi connectivity index (χ0n) is 11.2. The summed E-state index contributed by atoms with van der Waals surface area (Å²) in [6, 6.07) is 16.2. The first-order chi connectivity index (χ1) is 9.15. The van der Waals surface area contributed by atoms with Crippen LogP contribution in [0.1, 0.15) is 16.8 Å². The summed E-state index contributed by atoms with van der Waals surface area (Å²) in [5, 5.41) is 10.8. The third kappa shape index (κ3) is 2.10. The van der Waals surface area contributed by atoms with Gasteiger partial charge in [-0.3, -0.25) is 0 Å². The highest BCUT2D eigenvalue weighted by Gasteiger charge is 2.09. The van der Waals surface area contributed by atoms with Gasteiger partial charge in [0.2, 0.25) is 0 Å². The molecule has 0 spiro atoms. The molecule has 0 unspecified atom stereocenters. The highest BCUT2D eigenvalue weighted by molar-refractivity contribution is 5.86. The number of fused-ring (bicyclic) bond motifs is 1. The van der Waals surface area contributed by atoms with E-state index < -0.39 is 0 Å². The molecule has 0 fully saturated rings. The van der Waals surface area contributed by atoms with Gasteiger partial charge in [0.15, 0.2) is 0 Å². The second-order valence-electron chi connectivity index (χ2n) is 5.06. The first-order valence-corrected chi connectivity index (χ1v) is 6.48. The third-order valence-electron chi connectivity index (χ3n) is 3.56. The quantitative estimate of drug-likeness (QED) is 0.731. The van der Waals surface area contributed by atoms with Crippen molar-refractivity contribution in [2.75, 3.05) is 0 Å². The molecular formula is C17H17NO. The molecule has 0 radical (unpaired) electrons. The van der Waals surface area contributed by atoms with Gasteiger partial charge < -0.3 is 9.67 Å². The second-order valence-corrected chi connectivity index (χ2v) is 5.06. The lowest BCUT2D eigenvalue weighted by atomic mass is 10.1. The Bertz CT molecular complexity index is 726. The molecule has 19 heavy (non-hydrogen) atoms. The molecule has 2 aromatic carbocycles. The molecule has 96 valence electrons. The molecule has 1 aromatic heterocycles. The Balaban J connectivity index is 2.16. The van der Waals surface area contributed by atoms with E-state index in [1.54, 1.807) is 0 Å². The molecule has 0 aliphatic heterocycles. The molecule has 1 heterocycles. The van der Waals surface area contributed by atoms with Crippen LogP contribution >= 0.6 is 0 Å². The van der Waals surface area contributed by atoms with Crippen LogP contribution in [0.4, 0.5) is 0 Å². The Kier molecular flexibility index (Phi) is 2.79. The van der Waals surface area contributed by atoms with Crippen molar-refractivity contribution in [3.8, 4) is 5.75 Å². The van der Waals surface area contributed by atoms with Crippen molar-refractivity contribution in [3.05, 3.63) is 65.4 Å². The summed E-state index contributed by atoms with van der Waals surface area (Å²) >= 11 is 0. The van der Waals surface area contributed by atoms with Crippen molar-refractivity contribution < 1.29 is 5.11 Å². The van der Waals surface area contributed by atoms with Crippen LogP contribution in [0, 0.1) is 13.8 Å². The molecule has 0 bridgehead atoms. The third-order valence-corrected chi connectivity index (χ3v) is 3.56. The summed E-state index contributed by atoms with van der Waals surface area (Å²) in [7, 11) is 0. The fourth-order valence-corrected chi connectivity index (χ4v) is 2.72. The number of benzene rings is 2. The fraction of sp³-hybridized carbons (Fsp3) is 0.176. The Morgan fingerprint density at radius 3 is 2.47 bits per heavy atom. The van der Waals surface area contributed by atoms with Crippen LogP contribution in [-0.2, 0) is 6.54 Å². The highest BCUT2D eigenvalue weighted by Crippen LogP contribution is 2.28. The van der Waals surface area contributed by atoms with E-state index in [0.717, 1.165) is 17.5 Å². The Morgan fingerprint density at radius 1 is 1.00 bits per heavy atom. The lowest BCUT2D eigenvalue weighted by Gasteiger charge is -2.10. The van der Waals surface area contributed by atoms with Crippen molar-refractivity contribution in [2.24, 2.45) is 0 Å². The maximum absolute atomic E-state index is 9.69. The van der Waals surface area contributed by atoms with Crippen molar-refractivity contribution >= 4 is 10.9 Å². The molecule has 3 aromatic rings. The van der Waals surface area contributed by atoms with Crippen LogP contribution in [-0.4, -0.2) is 9.67 Å². The number of aromatic nitrogens is 1. The summed E-state index contributed by atoms with van der Waals surface area (Å²) in [6.07, 6.45) is 0. The number of phenols is 1. The van der Waals surface area contributed by atoms with E-state index in [-0.39, 0.29) is 0 Å². The van der Waals surface area contributed by atoms with Crippen molar-refractivity contribution in [3.63, 3.8) is 0 Å². The predicted molar refractivity (Wildman–Crippen MR) is 78.6 cm³/mol. The van der Waals surface area contributed by atoms with Gasteiger partial charge in [0.05, 0.1) is 5.52 Å². The lowest BCUT2D eigenvalue weighted by Crippen LogP contribution is -2.02. The maximum Gasteiger partial charge on any atom is 0.116 e. The molecule has 0 aliphatic rings. The fourth-order valence-electron chi connectivity index (χ4n) is 2.72. The van der Waals surface area contributed by atoms with Gasteiger partial charge in [-0.25, -0.2) is 0 Å². The lowest BCUT2D eigenvalue weighted by molar-refractivity contribution is 0.475. The molecule has 2 heteroatoms. The van der Waals surface area contributed by atoms with Gasteiger partial charge in [-0.15, -0.1) is 0 Å². The summed E-state index contributed by atoms with van der Waals surface area (Å²) in [6.45, 7) is 5.02. The van der Waals surface area contributed by atoms with Crippen LogP contribution in [0.5, 0.6) is 5.75 Å². The molecule has 0 saturated heterocycles. The summed E-state index contributed by atoms with van der Waals surface area (Å²) < 4.78 is 2.30. The number of rotatable bonds is 2. The Hall–Kier alpha value is -2.22. The van der Waals surface area contributed by atoms with Crippen LogP contribution in [0.15, 0.2) is 48.5 Å². The van der Waals surface area contributed by atoms with E-state index >= 15 is 0 Å². The monoisotopic (exact) mass is 251 g/mol. The minimum Gasteiger partial charge on any atom is -0.508 e. The molecule has 0 aliphatic carbocycles. The molecule has 0 saturated carbocycles. The largest absolute Gasteiger partial charge is 0.508 e. The van der Waals surface area contributed by atoms with Gasteiger partial charge in [0.25, 0.3) is 0 Å². The molecule has 0 amide bonds. The van der Waals surface area contributed by atoms with Gasteiger partial charge in [-0.2, -0.15) is 0 Å². The second kappa shape index (κ2) is 4.47. The van der Waals surface area contributed by atoms with E-state index in [9.17, 15) is 5.11 Å². The zero-order valence-corrected chi connectivity index (χ0v) is 11.2. The molecule has 1 N–H and O–H groups in total. The smallest absolute Gasteiger partial charge is 0.116 e. The van der Waals surface area contributed by atoms with E-state index in [0.29, 0.717) is 5.75 Å². The minimum absolute atomic E-state index is 0.335. The highest BCUT2D eigenvalue weighted by atomic mass is 16.3. The first-order valence-electron chi connectivity index (χ1n) is 6.48. The molecule has 3 rings (SSSR count). The number of aromatic hydroxyl groups is 1. The van der Waals surface area contributed by atoms with Crippen molar-refractivity contribution in [2.45, 2.75) is 20.4 Å². The minimum atomic E-state index is 0.335. The molecular weight excluding hydrogens is 234 g/mol. The van der Waals surface area contributed by atoms with Gasteiger partial charge in [0, 0.05) is 17.6 Å². The standard InChI is InChI=1S/C17H17NO/c1-12-8-16(19)10-15-9-13(2)18(17(12)15)11-14-6-4-3-5-7-14/h3-10,19H,11H2,1-2H3. The van der Waals surface area contributed by atoms with Crippen LogP contribution in [0.3, 0.4) is 0 Å². The van der Waals surface area contributed by atoms with Crippen molar-refractivity contribution in [1.82, 2.24) is 4.57 Å². The summed E-state index contributed by atoms with van der Waals surface area (Å²) in [5.41, 5.74) is 4.82. The first kappa shape index (κ1) is 11.8. The summed E-state index contributed by atoms with van der Waals surface area (Å²) in [4.78, 5) is 0. The molecule has 0 atom stereocenters. The van der Waals surface area contributed by atoms with E-state index in [1.807, 2.05) is 25.1 Å². The summed E-state index contributed by atoms with van der Waals surface area (Å²) in [5.74, 6) is 0.335. The van der Waals surface area contributed by atoms with E-state index in [4.69, 9.17) is 0 Å². The maximum atomic E-state index is 9.69. The normalized spacial score (nSPS) is 11.1. The SMILES string of the molecule is Cc1cc(O)cc2cc(C)n(Cc3ccccc3)c12. The van der Waals surface area contributed by atoms with Gasteiger partial charge in [0.1, 0.15) is 5.75 Å². The Morgan fingerprint density at radius 2 is 1.74 bits per heavy atom. The van der Waals surface area contributed by atoms with Gasteiger partial charge >= 0.3 is 0 Å². The van der Waals surface area contributed by atoms with Crippen LogP contribution in [0.2, 0.25) is 0 Å². The zero-order chi connectivity index (χ0) is 13.4. The van der Waals surface area contributed by atoms with Gasteiger partial charge in [-0.1, -0.05) is 30.3 Å². The van der Waals surface area contributed by atoms with E-state index in [1.165, 1.54) is 16.8 Å². The van der Waals surface area contributed by atoms with E-state index in [2.05, 4.69) is 41.8 Å². The van der Waals surface area contributed by atoms with Crippen LogP contribution in [0.25, 0.3) is 10.9 Å². The number of aryl methyl sites for hydroxylation is 2. The number of hydrogen-bond acceptors (Lipinski definition) is 1. The Labute approximate surface area is 112 Å². The average molecular weight is 251 g/mol. The number of hydrogen-bond donors (Lipinski definition) is 1. The van der Waals surface area contributed by atoms with Gasteiger partial charge in [-0.05, 0) is 43.2 Å². The number of nitrogens with zero attached hydrogens (tertiary/aromatic N) is 1. The predicted octanol–water partition coefficient (Wildman–Crippen LogP) is 4.01. The molecule has 2 nitrogen and oxygen atoms in total. The van der Waals surface area contributed by atoms with Crippen LogP contribution < -0.4 is 0 Å². The van der Waals surface area contributed by atoms with Crippen molar-refractivity contribution in [1.29, 1.82) is 0 Å². The number of phenolic OH excluding ortho intramolecular Hbond substituents is 1.